The van der Waals surface area contributed by atoms with E-state index in [0.29, 0.717) is 12.8 Å². The summed E-state index contributed by atoms with van der Waals surface area (Å²) in [5, 5.41) is 10.1. The van der Waals surface area contributed by atoms with Crippen LogP contribution in [0.2, 0.25) is 0 Å². The fourth-order valence-corrected chi connectivity index (χ4v) is 7.53. The van der Waals surface area contributed by atoms with Gasteiger partial charge in [-0.2, -0.15) is 5.26 Å². The highest BCUT2D eigenvalue weighted by Gasteiger charge is 2.50. The van der Waals surface area contributed by atoms with Gasteiger partial charge in [-0.05, 0) is 112 Å². The number of ether oxygens (including phenoxy) is 2. The Balaban J connectivity index is 1.65. The van der Waals surface area contributed by atoms with Crippen molar-refractivity contribution in [3.63, 3.8) is 0 Å². The van der Waals surface area contributed by atoms with Gasteiger partial charge in [-0.15, -0.1) is 0 Å². The van der Waals surface area contributed by atoms with E-state index in [-0.39, 0.29) is 36.2 Å². The maximum atomic E-state index is 14.2. The van der Waals surface area contributed by atoms with Crippen molar-refractivity contribution in [3.05, 3.63) is 82.9 Å². The summed E-state index contributed by atoms with van der Waals surface area (Å²) in [6.45, 7) is 23.7. The molecule has 0 bridgehead atoms. The molecule has 1 unspecified atom stereocenters. The van der Waals surface area contributed by atoms with E-state index in [0.717, 1.165) is 40.7 Å². The van der Waals surface area contributed by atoms with Gasteiger partial charge in [0.25, 0.3) is 0 Å². The second kappa shape index (κ2) is 13.1. The van der Waals surface area contributed by atoms with Crippen LogP contribution in [0.5, 0.6) is 0 Å². The quantitative estimate of drug-likeness (QED) is 0.286. The van der Waals surface area contributed by atoms with Crippen LogP contribution in [0.25, 0.3) is 0 Å². The maximum absolute atomic E-state index is 14.2. The van der Waals surface area contributed by atoms with Gasteiger partial charge in [0.2, 0.25) is 0 Å². The first-order chi connectivity index (χ1) is 21.3. The van der Waals surface area contributed by atoms with Crippen molar-refractivity contribution in [2.24, 2.45) is 11.3 Å². The summed E-state index contributed by atoms with van der Waals surface area (Å²) in [5.74, 6) is -0.0316. The van der Waals surface area contributed by atoms with Crippen LogP contribution >= 0.6 is 0 Å². The number of amides is 2. The van der Waals surface area contributed by atoms with Gasteiger partial charge >= 0.3 is 12.2 Å². The van der Waals surface area contributed by atoms with Crippen LogP contribution in [-0.4, -0.2) is 45.3 Å². The molecular weight excluding hydrogens is 574 g/mol. The summed E-state index contributed by atoms with van der Waals surface area (Å²) < 4.78 is 12.4. The molecule has 0 aromatic heterocycles. The zero-order chi connectivity index (χ0) is 34.2. The van der Waals surface area contributed by atoms with Crippen molar-refractivity contribution in [1.82, 2.24) is 9.80 Å². The van der Waals surface area contributed by atoms with E-state index in [1.807, 2.05) is 90.3 Å². The van der Waals surface area contributed by atoms with Gasteiger partial charge in [0.1, 0.15) is 11.2 Å². The Hall–Kier alpha value is -3.79. The molecule has 0 spiro atoms. The standard InChI is InChI=1S/C39H53N3O4/c1-25(2)34-30(22-32(29-17-13-15-27(4)21-29)42(34)36(44)45-37(5,6)7)23-39(10,11)46-35(43)41-31(28-16-12-14-26(3)20-28)18-19-33(41)38(8,9)24-40/h12-17,20-21,30-34H,1,18-19,22-23H2,2-11H3/t30?,31-,32-,33+,34-/m0/s1. The average Bonchev–Trinajstić information content (AvgIpc) is 3.55. The Morgan fingerprint density at radius 1 is 0.870 bits per heavy atom. The second-order valence-corrected chi connectivity index (χ2v) is 15.7. The largest absolute Gasteiger partial charge is 0.444 e. The predicted molar refractivity (Wildman–Crippen MR) is 182 cm³/mol. The van der Waals surface area contributed by atoms with Gasteiger partial charge in [-0.1, -0.05) is 71.8 Å². The number of nitriles is 1. The topological polar surface area (TPSA) is 82.9 Å². The SMILES string of the molecule is C=C(C)[C@H]1C(CC(C)(C)OC(=O)N2[C@H](c3cccc(C)c3)CC[C@@H]2C(C)(C)C#N)C[C@@H](c2cccc(C)c2)N1C(=O)OC(C)(C)C. The lowest BCUT2D eigenvalue weighted by Crippen LogP contribution is -2.48. The van der Waals surface area contributed by atoms with E-state index in [2.05, 4.69) is 49.9 Å². The minimum Gasteiger partial charge on any atom is -0.444 e. The number of hydrogen-bond donors (Lipinski definition) is 0. The van der Waals surface area contributed by atoms with E-state index < -0.39 is 22.7 Å². The van der Waals surface area contributed by atoms with E-state index in [4.69, 9.17) is 9.47 Å². The molecule has 2 heterocycles. The lowest BCUT2D eigenvalue weighted by atomic mass is 9.84. The first-order valence-electron chi connectivity index (χ1n) is 16.6. The molecule has 248 valence electrons. The van der Waals surface area contributed by atoms with Gasteiger partial charge in [0.05, 0.1) is 35.7 Å². The third kappa shape index (κ3) is 7.77. The van der Waals surface area contributed by atoms with E-state index >= 15 is 0 Å². The van der Waals surface area contributed by atoms with Crippen LogP contribution < -0.4 is 0 Å². The summed E-state index contributed by atoms with van der Waals surface area (Å²) >= 11 is 0. The normalized spacial score (nSPS) is 23.6. The van der Waals surface area contributed by atoms with Crippen molar-refractivity contribution in [1.29, 1.82) is 5.26 Å². The third-order valence-electron chi connectivity index (χ3n) is 9.41. The molecule has 7 nitrogen and oxygen atoms in total. The highest BCUT2D eigenvalue weighted by Crippen LogP contribution is 2.48. The number of benzene rings is 2. The molecule has 0 radical (unpaired) electrons. The maximum Gasteiger partial charge on any atom is 0.411 e. The molecule has 7 heteroatoms. The molecule has 2 aliphatic rings. The van der Waals surface area contributed by atoms with Crippen LogP contribution in [0.15, 0.2) is 60.7 Å². The van der Waals surface area contributed by atoms with Crippen LogP contribution in [0.4, 0.5) is 9.59 Å². The van der Waals surface area contributed by atoms with Crippen LogP contribution in [-0.2, 0) is 9.47 Å². The highest BCUT2D eigenvalue weighted by molar-refractivity contribution is 5.71. The predicted octanol–water partition coefficient (Wildman–Crippen LogP) is 9.61. The van der Waals surface area contributed by atoms with Crippen LogP contribution in [0.1, 0.15) is 115 Å². The molecule has 0 saturated carbocycles. The molecule has 0 aliphatic carbocycles. The fourth-order valence-electron chi connectivity index (χ4n) is 7.53. The molecule has 0 N–H and O–H groups in total. The van der Waals surface area contributed by atoms with Gasteiger partial charge in [0, 0.05) is 0 Å². The first-order valence-corrected chi connectivity index (χ1v) is 16.6. The van der Waals surface area contributed by atoms with Crippen molar-refractivity contribution >= 4 is 12.2 Å². The molecule has 2 aromatic rings. The first kappa shape index (κ1) is 35.1. The van der Waals surface area contributed by atoms with Gasteiger partial charge < -0.3 is 9.47 Å². The van der Waals surface area contributed by atoms with Gasteiger partial charge in [0.15, 0.2) is 0 Å². The fraction of sp³-hybridized carbons (Fsp3) is 0.564. The van der Waals surface area contributed by atoms with E-state index in [9.17, 15) is 14.9 Å². The molecule has 2 saturated heterocycles. The van der Waals surface area contributed by atoms with Crippen molar-refractivity contribution < 1.29 is 19.1 Å². The summed E-state index contributed by atoms with van der Waals surface area (Å²) in [5.41, 5.74) is 2.95. The smallest absolute Gasteiger partial charge is 0.411 e. The number of carbonyl (C=O) groups excluding carboxylic acids is 2. The number of rotatable bonds is 7. The Bertz CT molecular complexity index is 1500. The van der Waals surface area contributed by atoms with Crippen molar-refractivity contribution in [2.75, 3.05) is 0 Å². The lowest BCUT2D eigenvalue weighted by Gasteiger charge is -2.39. The minimum absolute atomic E-state index is 0.0316. The van der Waals surface area contributed by atoms with Crippen molar-refractivity contribution in [3.8, 4) is 6.07 Å². The number of likely N-dealkylation sites (tertiary alicyclic amines) is 2. The molecule has 2 aliphatic heterocycles. The molecule has 4 rings (SSSR count). The second-order valence-electron chi connectivity index (χ2n) is 15.7. The zero-order valence-electron chi connectivity index (χ0n) is 29.5. The summed E-state index contributed by atoms with van der Waals surface area (Å²) in [7, 11) is 0. The monoisotopic (exact) mass is 627 g/mol. The number of carbonyl (C=O) groups is 2. The third-order valence-corrected chi connectivity index (χ3v) is 9.41. The average molecular weight is 628 g/mol. The Morgan fingerprint density at radius 2 is 1.41 bits per heavy atom. The number of hydrogen-bond acceptors (Lipinski definition) is 5. The van der Waals surface area contributed by atoms with Crippen LogP contribution in [0.3, 0.4) is 0 Å². The highest BCUT2D eigenvalue weighted by atomic mass is 16.6. The molecular formula is C39H53N3O4. The van der Waals surface area contributed by atoms with E-state index in [1.165, 1.54) is 0 Å². The minimum atomic E-state index is -0.863. The molecule has 2 fully saturated rings. The zero-order valence-corrected chi connectivity index (χ0v) is 29.5. The molecule has 2 aromatic carbocycles. The lowest BCUT2D eigenvalue weighted by molar-refractivity contribution is -0.0186. The Kier molecular flexibility index (Phi) is 10.0. The van der Waals surface area contributed by atoms with E-state index in [1.54, 1.807) is 0 Å². The van der Waals surface area contributed by atoms with Gasteiger partial charge in [-0.25, -0.2) is 9.59 Å². The number of aryl methyl sites for hydroxylation is 2. The Morgan fingerprint density at radius 3 is 1.91 bits per heavy atom. The number of nitrogens with zero attached hydrogens (tertiary/aromatic N) is 3. The molecule has 5 atom stereocenters. The Labute approximate surface area is 276 Å². The molecule has 2 amide bonds. The van der Waals surface area contributed by atoms with Crippen molar-refractivity contribution in [2.45, 2.75) is 130 Å². The molecule has 46 heavy (non-hydrogen) atoms. The summed E-state index contributed by atoms with van der Waals surface area (Å²) in [6.07, 6.45) is 1.90. The van der Waals surface area contributed by atoms with Gasteiger partial charge in [-0.3, -0.25) is 9.80 Å². The van der Waals surface area contributed by atoms with Crippen LogP contribution in [0, 0.1) is 36.5 Å². The summed E-state index contributed by atoms with van der Waals surface area (Å²) in [4.78, 5) is 31.7. The summed E-state index contributed by atoms with van der Waals surface area (Å²) in [6, 6.07) is 18.0.